The zero-order chi connectivity index (χ0) is 14.7. The average Bonchev–Trinajstić information content (AvgIpc) is 3.01. The van der Waals surface area contributed by atoms with Gasteiger partial charge in [0.15, 0.2) is 0 Å². The van der Waals surface area contributed by atoms with Crippen molar-refractivity contribution in [2.75, 3.05) is 19.7 Å². The van der Waals surface area contributed by atoms with E-state index in [0.717, 1.165) is 18.4 Å². The fraction of sp³-hybridized carbons (Fsp3) is 0.467. The Labute approximate surface area is 122 Å². The van der Waals surface area contributed by atoms with E-state index in [1.807, 2.05) is 4.90 Å². The van der Waals surface area contributed by atoms with Crippen LogP contribution in [0.2, 0.25) is 0 Å². The highest BCUT2D eigenvalue weighted by Crippen LogP contribution is 2.20. The second kappa shape index (κ2) is 6.11. The molecule has 0 unspecified atom stereocenters. The summed E-state index contributed by atoms with van der Waals surface area (Å²) in [5, 5.41) is 0. The van der Waals surface area contributed by atoms with E-state index in [1.165, 1.54) is 6.07 Å². The predicted octanol–water partition coefficient (Wildman–Crippen LogP) is 1.89. The molecule has 21 heavy (non-hydrogen) atoms. The van der Waals surface area contributed by atoms with Gasteiger partial charge in [-0.05, 0) is 6.07 Å². The number of halogens is 1. The highest BCUT2D eigenvalue weighted by atomic mass is 19.1. The van der Waals surface area contributed by atoms with E-state index >= 15 is 0 Å². The number of rotatable bonds is 3. The Kier molecular flexibility index (Phi) is 4.03. The van der Waals surface area contributed by atoms with Gasteiger partial charge in [-0.2, -0.15) is 9.37 Å². The summed E-state index contributed by atoms with van der Waals surface area (Å²) in [7, 11) is 0. The number of nitrogens with zero attached hydrogens (tertiary/aromatic N) is 2. The second-order valence-corrected chi connectivity index (χ2v) is 5.17. The maximum absolute atomic E-state index is 13.0. The molecule has 0 aliphatic carbocycles. The summed E-state index contributed by atoms with van der Waals surface area (Å²) < 4.78 is 23.8. The monoisotopic (exact) mass is 292 g/mol. The molecule has 0 bridgehead atoms. The molecule has 0 atom stereocenters. The van der Waals surface area contributed by atoms with Crippen molar-refractivity contribution in [3.05, 3.63) is 36.0 Å². The molecule has 0 spiro atoms. The summed E-state index contributed by atoms with van der Waals surface area (Å²) in [6, 6.07) is 4.50. The van der Waals surface area contributed by atoms with E-state index in [0.29, 0.717) is 32.0 Å². The molecule has 0 aromatic carbocycles. The Morgan fingerprint density at radius 3 is 2.86 bits per heavy atom. The van der Waals surface area contributed by atoms with Crippen LogP contribution in [-0.4, -0.2) is 41.6 Å². The molecule has 1 saturated heterocycles. The van der Waals surface area contributed by atoms with E-state index in [9.17, 15) is 9.18 Å². The lowest BCUT2D eigenvalue weighted by atomic mass is 10.1. The maximum Gasteiger partial charge on any atom is 0.253 e. The summed E-state index contributed by atoms with van der Waals surface area (Å²) in [4.78, 5) is 17.7. The van der Waals surface area contributed by atoms with Crippen LogP contribution in [0.15, 0.2) is 30.0 Å². The number of hydrogen-bond donors (Lipinski definition) is 0. The van der Waals surface area contributed by atoms with Crippen molar-refractivity contribution in [3.63, 3.8) is 0 Å². The summed E-state index contributed by atoms with van der Waals surface area (Å²) in [5.74, 6) is -0.199. The third-order valence-electron chi connectivity index (χ3n) is 3.70. The molecular weight excluding hydrogens is 275 g/mol. The van der Waals surface area contributed by atoms with Crippen LogP contribution in [0.5, 0.6) is 5.88 Å². The standard InChI is InChI=1S/C15H17FN2O3/c16-13-2-1-3-14(17-13)21-12-4-7-18(8-5-12)15(19)11-6-9-20-10-11/h1-3,10,12H,4-9H2. The fourth-order valence-electron chi connectivity index (χ4n) is 2.55. The van der Waals surface area contributed by atoms with Crippen LogP contribution in [-0.2, 0) is 9.53 Å². The lowest BCUT2D eigenvalue weighted by Crippen LogP contribution is -2.42. The third-order valence-corrected chi connectivity index (χ3v) is 3.70. The lowest BCUT2D eigenvalue weighted by Gasteiger charge is -2.32. The summed E-state index contributed by atoms with van der Waals surface area (Å²) >= 11 is 0. The number of pyridine rings is 1. The number of aromatic nitrogens is 1. The number of piperidine rings is 1. The van der Waals surface area contributed by atoms with E-state index in [2.05, 4.69) is 4.98 Å². The zero-order valence-corrected chi connectivity index (χ0v) is 11.6. The van der Waals surface area contributed by atoms with E-state index in [1.54, 1.807) is 18.4 Å². The molecule has 6 heteroatoms. The third kappa shape index (κ3) is 3.32. The molecule has 0 saturated carbocycles. The minimum atomic E-state index is -0.548. The number of amides is 1. The molecule has 0 radical (unpaired) electrons. The van der Waals surface area contributed by atoms with Gasteiger partial charge >= 0.3 is 0 Å². The minimum absolute atomic E-state index is 0.0304. The Morgan fingerprint density at radius 2 is 2.19 bits per heavy atom. The Bertz CT molecular complexity index is 554. The molecule has 1 amide bonds. The SMILES string of the molecule is O=C(C1=COCC1)N1CCC(Oc2cccc(F)n2)CC1. The van der Waals surface area contributed by atoms with Crippen LogP contribution < -0.4 is 4.74 Å². The van der Waals surface area contributed by atoms with Crippen molar-refractivity contribution in [1.29, 1.82) is 0 Å². The molecule has 5 nitrogen and oxygen atoms in total. The van der Waals surface area contributed by atoms with Gasteiger partial charge in [0.05, 0.1) is 18.4 Å². The van der Waals surface area contributed by atoms with Crippen LogP contribution in [0.4, 0.5) is 4.39 Å². The van der Waals surface area contributed by atoms with E-state index in [4.69, 9.17) is 9.47 Å². The molecule has 1 aromatic heterocycles. The van der Waals surface area contributed by atoms with E-state index in [-0.39, 0.29) is 12.0 Å². The number of ether oxygens (including phenoxy) is 2. The van der Waals surface area contributed by atoms with Gasteiger partial charge in [-0.15, -0.1) is 0 Å². The largest absolute Gasteiger partial charge is 0.500 e. The summed E-state index contributed by atoms with van der Waals surface area (Å²) in [6.45, 7) is 1.86. The first-order valence-corrected chi connectivity index (χ1v) is 7.11. The van der Waals surface area contributed by atoms with Crippen molar-refractivity contribution in [2.24, 2.45) is 0 Å². The summed E-state index contributed by atoms with van der Waals surface area (Å²) in [5.41, 5.74) is 0.737. The van der Waals surface area contributed by atoms with Crippen molar-refractivity contribution in [1.82, 2.24) is 9.88 Å². The topological polar surface area (TPSA) is 51.7 Å². The molecule has 1 aromatic rings. The second-order valence-electron chi connectivity index (χ2n) is 5.17. The van der Waals surface area contributed by atoms with Crippen LogP contribution in [0, 0.1) is 5.95 Å². The van der Waals surface area contributed by atoms with Crippen LogP contribution >= 0.6 is 0 Å². The minimum Gasteiger partial charge on any atom is -0.500 e. The quantitative estimate of drug-likeness (QED) is 0.798. The first-order chi connectivity index (χ1) is 10.2. The van der Waals surface area contributed by atoms with Gasteiger partial charge in [0.25, 0.3) is 5.91 Å². The Balaban J connectivity index is 1.52. The first-order valence-electron chi connectivity index (χ1n) is 7.11. The smallest absolute Gasteiger partial charge is 0.253 e. The van der Waals surface area contributed by atoms with Gasteiger partial charge in [-0.3, -0.25) is 4.79 Å². The molecule has 2 aliphatic rings. The first kappa shape index (κ1) is 13.9. The maximum atomic E-state index is 13.0. The van der Waals surface area contributed by atoms with E-state index < -0.39 is 5.95 Å². The van der Waals surface area contributed by atoms with Crippen molar-refractivity contribution in [2.45, 2.75) is 25.4 Å². The van der Waals surface area contributed by atoms with Crippen LogP contribution in [0.1, 0.15) is 19.3 Å². The predicted molar refractivity (Wildman–Crippen MR) is 73.1 cm³/mol. The molecule has 0 N–H and O–H groups in total. The summed E-state index contributed by atoms with van der Waals surface area (Å²) in [6.07, 6.45) is 3.65. The zero-order valence-electron chi connectivity index (χ0n) is 11.6. The van der Waals surface area contributed by atoms with Gasteiger partial charge in [0, 0.05) is 38.4 Å². The van der Waals surface area contributed by atoms with Gasteiger partial charge in [-0.25, -0.2) is 0 Å². The molecule has 3 rings (SSSR count). The van der Waals surface area contributed by atoms with Crippen molar-refractivity contribution in [3.8, 4) is 5.88 Å². The number of likely N-dealkylation sites (tertiary alicyclic amines) is 1. The Hall–Kier alpha value is -2.11. The molecule has 3 heterocycles. The highest BCUT2D eigenvalue weighted by molar-refractivity contribution is 5.93. The van der Waals surface area contributed by atoms with Gasteiger partial charge in [-0.1, -0.05) is 6.07 Å². The Morgan fingerprint density at radius 1 is 1.38 bits per heavy atom. The fourth-order valence-corrected chi connectivity index (χ4v) is 2.55. The molecular formula is C15H17FN2O3. The average molecular weight is 292 g/mol. The van der Waals surface area contributed by atoms with Crippen LogP contribution in [0.25, 0.3) is 0 Å². The number of carbonyl (C=O) groups excluding carboxylic acids is 1. The molecule has 112 valence electrons. The van der Waals surface area contributed by atoms with Gasteiger partial charge in [0.2, 0.25) is 11.8 Å². The van der Waals surface area contributed by atoms with Gasteiger partial charge in [0.1, 0.15) is 6.10 Å². The molecule has 2 aliphatic heterocycles. The van der Waals surface area contributed by atoms with Crippen LogP contribution in [0.3, 0.4) is 0 Å². The van der Waals surface area contributed by atoms with Crippen molar-refractivity contribution < 1.29 is 18.7 Å². The van der Waals surface area contributed by atoms with Gasteiger partial charge < -0.3 is 14.4 Å². The highest BCUT2D eigenvalue weighted by Gasteiger charge is 2.27. The normalized spacial score (nSPS) is 19.1. The lowest BCUT2D eigenvalue weighted by molar-refractivity contribution is -0.129. The number of hydrogen-bond acceptors (Lipinski definition) is 4. The van der Waals surface area contributed by atoms with Crippen molar-refractivity contribution >= 4 is 5.91 Å². The number of carbonyl (C=O) groups is 1. The molecule has 1 fully saturated rings.